The number of hydrogen-bond donors (Lipinski definition) is 2. The summed E-state index contributed by atoms with van der Waals surface area (Å²) < 4.78 is 19.2. The van der Waals surface area contributed by atoms with Crippen LogP contribution in [-0.4, -0.2) is 29.0 Å². The lowest BCUT2D eigenvalue weighted by Gasteiger charge is -2.16. The summed E-state index contributed by atoms with van der Waals surface area (Å²) in [6, 6.07) is 16.6. The zero-order valence-corrected chi connectivity index (χ0v) is 19.3. The Labute approximate surface area is 200 Å². The van der Waals surface area contributed by atoms with Crippen molar-refractivity contribution in [3.05, 3.63) is 66.6 Å². The van der Waals surface area contributed by atoms with Crippen molar-refractivity contribution in [1.29, 1.82) is 0 Å². The summed E-state index contributed by atoms with van der Waals surface area (Å²) in [6.45, 7) is 0.110. The molecule has 0 unspecified atom stereocenters. The van der Waals surface area contributed by atoms with E-state index >= 15 is 0 Å². The quantitative estimate of drug-likeness (QED) is 0.292. The first kappa shape index (κ1) is 20.1. The topological polar surface area (TPSA) is 80.5 Å². The van der Waals surface area contributed by atoms with Gasteiger partial charge >= 0.3 is 0 Å². The van der Waals surface area contributed by atoms with E-state index in [1.807, 2.05) is 25.2 Å². The Bertz CT molecular complexity index is 1820. The van der Waals surface area contributed by atoms with Crippen LogP contribution in [0.2, 0.25) is 0 Å². The highest BCUT2D eigenvalue weighted by Crippen LogP contribution is 2.43. The van der Waals surface area contributed by atoms with Crippen LogP contribution in [0.1, 0.15) is 5.56 Å². The average Bonchev–Trinajstić information content (AvgIpc) is 3.54. The van der Waals surface area contributed by atoms with Crippen LogP contribution in [0.15, 0.2) is 61.1 Å². The normalized spacial score (nSPS) is 12.9. The van der Waals surface area contributed by atoms with Gasteiger partial charge in [0.1, 0.15) is 12.8 Å². The molecule has 2 aromatic heterocycles. The van der Waals surface area contributed by atoms with Crippen LogP contribution in [-0.2, 0) is 13.7 Å². The first-order valence-corrected chi connectivity index (χ1v) is 11.4. The van der Waals surface area contributed by atoms with Gasteiger partial charge in [0, 0.05) is 10.9 Å². The number of ether oxygens (including phenoxy) is 3. The van der Waals surface area contributed by atoms with Gasteiger partial charge in [-0.1, -0.05) is 12.1 Å². The van der Waals surface area contributed by atoms with Gasteiger partial charge in [-0.3, -0.25) is 0 Å². The number of aromatic nitrogens is 3. The molecule has 6 aromatic rings. The molecule has 172 valence electrons. The molecule has 0 fully saturated rings. The Morgan fingerprint density at radius 1 is 1.03 bits per heavy atom. The summed E-state index contributed by atoms with van der Waals surface area (Å²) in [6.07, 6.45) is 3.78. The van der Waals surface area contributed by atoms with Crippen LogP contribution in [0.25, 0.3) is 54.6 Å². The van der Waals surface area contributed by atoms with Gasteiger partial charge in [0.15, 0.2) is 17.7 Å². The molecule has 0 spiro atoms. The average molecular weight is 465 g/mol. The molecule has 0 radical (unpaired) electrons. The summed E-state index contributed by atoms with van der Waals surface area (Å²) in [4.78, 5) is 7.61. The highest BCUT2D eigenvalue weighted by Gasteiger charge is 2.24. The molecule has 7 heteroatoms. The van der Waals surface area contributed by atoms with E-state index in [1.165, 1.54) is 0 Å². The van der Waals surface area contributed by atoms with Crippen molar-refractivity contribution in [2.45, 2.75) is 6.61 Å². The highest BCUT2D eigenvalue weighted by atomic mass is 16.7. The van der Waals surface area contributed by atoms with Crippen LogP contribution in [0, 0.1) is 0 Å². The number of nitrogens with one attached hydrogen (secondary N) is 1. The number of H-pyrrole nitrogens is 1. The van der Waals surface area contributed by atoms with E-state index in [1.54, 1.807) is 13.4 Å². The number of methoxy groups -OCH3 is 1. The largest absolute Gasteiger partial charge is 0.495 e. The first-order valence-electron chi connectivity index (χ1n) is 11.4. The Morgan fingerprint density at radius 2 is 1.89 bits per heavy atom. The number of aryl methyl sites for hydroxylation is 1. The van der Waals surface area contributed by atoms with Gasteiger partial charge in [0.2, 0.25) is 12.3 Å². The fraction of sp³-hybridized carbons (Fsp3) is 0.143. The van der Waals surface area contributed by atoms with Crippen molar-refractivity contribution in [1.82, 2.24) is 9.97 Å². The molecule has 4 aromatic carbocycles. The number of hydrogen-bond acceptors (Lipinski definition) is 5. The molecule has 0 atom stereocenters. The van der Waals surface area contributed by atoms with Gasteiger partial charge in [0.05, 0.1) is 47.2 Å². The maximum Gasteiger partial charge on any atom is 0.231 e. The van der Waals surface area contributed by atoms with Gasteiger partial charge in [-0.2, -0.15) is 4.57 Å². The number of benzene rings is 4. The number of aromatic amines is 1. The summed E-state index contributed by atoms with van der Waals surface area (Å²) in [5.74, 6) is 2.19. The third kappa shape index (κ3) is 2.82. The lowest BCUT2D eigenvalue weighted by molar-refractivity contribution is -0.642. The molecule has 35 heavy (non-hydrogen) atoms. The van der Waals surface area contributed by atoms with Crippen molar-refractivity contribution < 1.29 is 23.9 Å². The number of pyridine rings is 1. The van der Waals surface area contributed by atoms with E-state index in [0.29, 0.717) is 5.75 Å². The fourth-order valence-electron chi connectivity index (χ4n) is 5.38. The van der Waals surface area contributed by atoms with E-state index in [2.05, 4.69) is 51.1 Å². The smallest absolute Gasteiger partial charge is 0.231 e. The standard InChI is InChI=1S/C28H22N3O4/c1-31-11-21-26(18-5-3-16-9-24-25(35-14-34-24)10-20(16)27(18)31)19(7-17(12-32)28(21)33-2)15-4-6-22-23(8-15)30-13-29-22/h3-11,13,32H,12,14H2,1-2H3,(H,29,30)/q+1. The maximum absolute atomic E-state index is 10.2. The number of fused-ring (bicyclic) bond motifs is 7. The minimum absolute atomic E-state index is 0.125. The second-order valence-electron chi connectivity index (χ2n) is 8.83. The lowest BCUT2D eigenvalue weighted by atomic mass is 9.91. The molecule has 1 aliphatic rings. The molecule has 0 aliphatic carbocycles. The van der Waals surface area contributed by atoms with Crippen LogP contribution in [0.4, 0.5) is 0 Å². The Balaban J connectivity index is 1.66. The van der Waals surface area contributed by atoms with Crippen molar-refractivity contribution in [2.24, 2.45) is 7.05 Å². The van der Waals surface area contributed by atoms with Gasteiger partial charge in [0.25, 0.3) is 0 Å². The third-order valence-corrected chi connectivity index (χ3v) is 6.93. The van der Waals surface area contributed by atoms with Crippen molar-refractivity contribution >= 4 is 43.5 Å². The lowest BCUT2D eigenvalue weighted by Crippen LogP contribution is -2.29. The van der Waals surface area contributed by atoms with Crippen LogP contribution in [0.5, 0.6) is 17.2 Å². The molecule has 2 N–H and O–H groups in total. The number of imidazole rings is 1. The SMILES string of the molecule is COc1c(CO)cc(-c2ccc3[nH]cnc3c2)c2c1c[n+](C)c1c3cc4c(cc3ccc21)OCO4. The number of nitrogens with zero attached hydrogens (tertiary/aromatic N) is 2. The molecule has 0 saturated carbocycles. The summed E-state index contributed by atoms with van der Waals surface area (Å²) in [7, 11) is 3.68. The molecular formula is C28H22N3O4+. The van der Waals surface area contributed by atoms with Crippen molar-refractivity contribution in [3.8, 4) is 28.4 Å². The third-order valence-electron chi connectivity index (χ3n) is 6.93. The summed E-state index contributed by atoms with van der Waals surface area (Å²) in [5.41, 5.74) is 5.72. The fourth-order valence-corrected chi connectivity index (χ4v) is 5.38. The number of aliphatic hydroxyl groups excluding tert-OH is 1. The zero-order chi connectivity index (χ0) is 23.7. The Morgan fingerprint density at radius 3 is 2.71 bits per heavy atom. The second kappa shape index (κ2) is 7.32. The van der Waals surface area contributed by atoms with Crippen molar-refractivity contribution in [2.75, 3.05) is 13.9 Å². The molecular weight excluding hydrogens is 442 g/mol. The zero-order valence-electron chi connectivity index (χ0n) is 19.3. The minimum atomic E-state index is -0.125. The molecule has 0 bridgehead atoms. The summed E-state index contributed by atoms with van der Waals surface area (Å²) in [5, 5.41) is 15.4. The van der Waals surface area contributed by atoms with Gasteiger partial charge < -0.3 is 24.3 Å². The summed E-state index contributed by atoms with van der Waals surface area (Å²) >= 11 is 0. The number of aliphatic hydroxyl groups is 1. The van der Waals surface area contributed by atoms with E-state index < -0.39 is 0 Å². The molecule has 7 rings (SSSR count). The van der Waals surface area contributed by atoms with Crippen LogP contribution >= 0.6 is 0 Å². The van der Waals surface area contributed by atoms with E-state index in [-0.39, 0.29) is 13.4 Å². The van der Waals surface area contributed by atoms with Crippen molar-refractivity contribution in [3.63, 3.8) is 0 Å². The second-order valence-corrected chi connectivity index (χ2v) is 8.83. The molecule has 7 nitrogen and oxygen atoms in total. The van der Waals surface area contributed by atoms with Gasteiger partial charge in [-0.25, -0.2) is 4.98 Å². The number of rotatable bonds is 3. The molecule has 0 saturated heterocycles. The molecule has 3 heterocycles. The monoisotopic (exact) mass is 464 g/mol. The highest BCUT2D eigenvalue weighted by molar-refractivity contribution is 6.19. The van der Waals surface area contributed by atoms with E-state index in [0.717, 1.165) is 71.7 Å². The molecule has 0 amide bonds. The molecule has 1 aliphatic heterocycles. The minimum Gasteiger partial charge on any atom is -0.495 e. The predicted octanol–water partition coefficient (Wildman–Crippen LogP) is 4.74. The van der Waals surface area contributed by atoms with E-state index in [4.69, 9.17) is 14.2 Å². The van der Waals surface area contributed by atoms with Crippen LogP contribution in [0.3, 0.4) is 0 Å². The van der Waals surface area contributed by atoms with E-state index in [9.17, 15) is 5.11 Å². The first-order chi connectivity index (χ1) is 17.2. The Hall–Kier alpha value is -4.36. The Kier molecular flexibility index (Phi) is 4.19. The maximum atomic E-state index is 10.2. The predicted molar refractivity (Wildman–Crippen MR) is 134 cm³/mol. The van der Waals surface area contributed by atoms with Gasteiger partial charge in [-0.15, -0.1) is 0 Å². The van der Waals surface area contributed by atoms with Gasteiger partial charge in [-0.05, 0) is 52.9 Å². The van der Waals surface area contributed by atoms with Crippen LogP contribution < -0.4 is 18.8 Å².